The molecule has 0 saturated heterocycles. The zero-order chi connectivity index (χ0) is 15.6. The van der Waals surface area contributed by atoms with Crippen LogP contribution in [0.25, 0.3) is 0 Å². The average molecular weight is 289 g/mol. The molecule has 1 amide bonds. The number of hydrogen-bond donors (Lipinski definition) is 1. The lowest BCUT2D eigenvalue weighted by Crippen LogP contribution is -2.26. The Balaban J connectivity index is 2.07. The average Bonchev–Trinajstić information content (AvgIpc) is 2.79. The molecule has 0 aliphatic rings. The maximum Gasteiger partial charge on any atom is 0.255 e. The van der Waals surface area contributed by atoms with Crippen molar-refractivity contribution in [3.63, 3.8) is 0 Å². The number of amides is 1. The Bertz CT molecular complexity index is 639. The molecular weight excluding hydrogens is 269 g/mol. The molecule has 0 spiro atoms. The summed E-state index contributed by atoms with van der Waals surface area (Å²) in [4.78, 5) is 12.2. The van der Waals surface area contributed by atoms with Crippen LogP contribution in [0.2, 0.25) is 0 Å². The van der Waals surface area contributed by atoms with Crippen molar-refractivity contribution in [3.8, 4) is 0 Å². The fourth-order valence-electron chi connectivity index (χ4n) is 2.19. The van der Waals surface area contributed by atoms with Crippen LogP contribution in [0.3, 0.4) is 0 Å². The molecule has 1 aromatic heterocycles. The van der Waals surface area contributed by atoms with Crippen LogP contribution in [-0.4, -0.2) is 15.7 Å². The van der Waals surface area contributed by atoms with E-state index in [0.717, 1.165) is 11.3 Å². The van der Waals surface area contributed by atoms with Crippen LogP contribution in [0.5, 0.6) is 0 Å². The summed E-state index contributed by atoms with van der Waals surface area (Å²) in [5.41, 5.74) is 2.08. The van der Waals surface area contributed by atoms with Gasteiger partial charge in [0, 0.05) is 12.2 Å². The Kier molecular flexibility index (Phi) is 4.11. The van der Waals surface area contributed by atoms with E-state index in [4.69, 9.17) is 0 Å². The fraction of sp³-hybridized carbons (Fsp3) is 0.375. The van der Waals surface area contributed by atoms with Crippen molar-refractivity contribution >= 4 is 5.91 Å². The predicted molar refractivity (Wildman–Crippen MR) is 79.5 cm³/mol. The molecule has 2 aromatic rings. The zero-order valence-corrected chi connectivity index (χ0v) is 12.8. The van der Waals surface area contributed by atoms with E-state index in [-0.39, 0.29) is 17.3 Å². The Labute approximate surface area is 124 Å². The molecule has 2 rings (SSSR count). The first kappa shape index (κ1) is 15.2. The molecule has 21 heavy (non-hydrogen) atoms. The first-order valence-electron chi connectivity index (χ1n) is 6.87. The standard InChI is InChI=1S/C16H20FN3O/c1-11-14(10-19-20(11)16(2,3)4)15(21)18-9-12-5-7-13(17)8-6-12/h5-8,10H,9H2,1-4H3,(H,18,21). The number of rotatable bonds is 3. The van der Waals surface area contributed by atoms with Crippen LogP contribution in [0, 0.1) is 12.7 Å². The lowest BCUT2D eigenvalue weighted by atomic mass is 10.1. The summed E-state index contributed by atoms with van der Waals surface area (Å²) in [6, 6.07) is 6.07. The van der Waals surface area contributed by atoms with Gasteiger partial charge in [0.2, 0.25) is 0 Å². The van der Waals surface area contributed by atoms with Crippen molar-refractivity contribution in [2.24, 2.45) is 0 Å². The molecule has 0 aliphatic carbocycles. The lowest BCUT2D eigenvalue weighted by Gasteiger charge is -2.21. The van der Waals surface area contributed by atoms with Crippen LogP contribution in [0.15, 0.2) is 30.5 Å². The summed E-state index contributed by atoms with van der Waals surface area (Å²) in [6.45, 7) is 8.35. The minimum atomic E-state index is -0.285. The van der Waals surface area contributed by atoms with Crippen LogP contribution < -0.4 is 5.32 Å². The van der Waals surface area contributed by atoms with Gasteiger partial charge in [0.25, 0.3) is 5.91 Å². The van der Waals surface area contributed by atoms with E-state index in [2.05, 4.69) is 10.4 Å². The minimum absolute atomic E-state index is 0.167. The Hall–Kier alpha value is -2.17. The van der Waals surface area contributed by atoms with Crippen molar-refractivity contribution < 1.29 is 9.18 Å². The number of hydrogen-bond acceptors (Lipinski definition) is 2. The third kappa shape index (κ3) is 3.48. The smallest absolute Gasteiger partial charge is 0.255 e. The van der Waals surface area contributed by atoms with Gasteiger partial charge in [-0.1, -0.05) is 12.1 Å². The third-order valence-corrected chi connectivity index (χ3v) is 3.26. The third-order valence-electron chi connectivity index (χ3n) is 3.26. The van der Waals surface area contributed by atoms with E-state index in [1.54, 1.807) is 18.3 Å². The van der Waals surface area contributed by atoms with E-state index < -0.39 is 0 Å². The number of nitrogens with one attached hydrogen (secondary N) is 1. The highest BCUT2D eigenvalue weighted by Gasteiger charge is 2.21. The van der Waals surface area contributed by atoms with Gasteiger partial charge in [-0.15, -0.1) is 0 Å². The van der Waals surface area contributed by atoms with E-state index in [1.807, 2.05) is 32.4 Å². The molecule has 0 bridgehead atoms. The minimum Gasteiger partial charge on any atom is -0.348 e. The summed E-state index contributed by atoms with van der Waals surface area (Å²) < 4.78 is 14.7. The summed E-state index contributed by atoms with van der Waals surface area (Å²) in [5, 5.41) is 7.11. The van der Waals surface area contributed by atoms with Crippen molar-refractivity contribution in [1.29, 1.82) is 0 Å². The SMILES string of the molecule is Cc1c(C(=O)NCc2ccc(F)cc2)cnn1C(C)(C)C. The molecule has 4 nitrogen and oxygen atoms in total. The molecule has 1 N–H and O–H groups in total. The lowest BCUT2D eigenvalue weighted by molar-refractivity contribution is 0.0950. The van der Waals surface area contributed by atoms with Crippen LogP contribution in [0.1, 0.15) is 42.4 Å². The van der Waals surface area contributed by atoms with Crippen LogP contribution >= 0.6 is 0 Å². The van der Waals surface area contributed by atoms with Gasteiger partial charge in [0.05, 0.1) is 17.3 Å². The van der Waals surface area contributed by atoms with E-state index in [9.17, 15) is 9.18 Å². The quantitative estimate of drug-likeness (QED) is 0.944. The molecule has 0 fully saturated rings. The zero-order valence-electron chi connectivity index (χ0n) is 12.8. The second-order valence-corrected chi connectivity index (χ2v) is 6.04. The van der Waals surface area contributed by atoms with Crippen molar-refractivity contribution in [2.45, 2.75) is 39.8 Å². The van der Waals surface area contributed by atoms with Gasteiger partial charge in [-0.25, -0.2) is 4.39 Å². The predicted octanol–water partition coefficient (Wildman–Crippen LogP) is 3.02. The van der Waals surface area contributed by atoms with E-state index in [1.165, 1.54) is 12.1 Å². The maximum atomic E-state index is 12.8. The molecular formula is C16H20FN3O. The number of carbonyl (C=O) groups is 1. The summed E-state index contributed by atoms with van der Waals surface area (Å²) in [7, 11) is 0. The number of nitrogens with zero attached hydrogens (tertiary/aromatic N) is 2. The summed E-state index contributed by atoms with van der Waals surface area (Å²) in [5.74, 6) is -0.459. The summed E-state index contributed by atoms with van der Waals surface area (Å²) in [6.07, 6.45) is 1.58. The first-order chi connectivity index (χ1) is 9.79. The monoisotopic (exact) mass is 289 g/mol. The summed E-state index contributed by atoms with van der Waals surface area (Å²) >= 11 is 0. The molecule has 0 unspecified atom stereocenters. The van der Waals surface area contributed by atoms with Crippen molar-refractivity contribution in [1.82, 2.24) is 15.1 Å². The van der Waals surface area contributed by atoms with Gasteiger partial charge in [0.15, 0.2) is 0 Å². The van der Waals surface area contributed by atoms with Gasteiger partial charge < -0.3 is 5.32 Å². The van der Waals surface area contributed by atoms with E-state index >= 15 is 0 Å². The number of carbonyl (C=O) groups excluding carboxylic acids is 1. The van der Waals surface area contributed by atoms with Gasteiger partial charge in [-0.05, 0) is 45.4 Å². The van der Waals surface area contributed by atoms with Gasteiger partial charge >= 0.3 is 0 Å². The highest BCUT2D eigenvalue weighted by atomic mass is 19.1. The maximum absolute atomic E-state index is 12.8. The molecule has 1 aromatic carbocycles. The largest absolute Gasteiger partial charge is 0.348 e. The molecule has 1 heterocycles. The van der Waals surface area contributed by atoms with Crippen molar-refractivity contribution in [2.75, 3.05) is 0 Å². The molecule has 0 aliphatic heterocycles. The van der Waals surface area contributed by atoms with Crippen molar-refractivity contribution in [3.05, 3.63) is 53.1 Å². The molecule has 0 radical (unpaired) electrons. The second kappa shape index (κ2) is 5.68. The van der Waals surface area contributed by atoms with Crippen LogP contribution in [0.4, 0.5) is 4.39 Å². The number of halogens is 1. The number of aromatic nitrogens is 2. The highest BCUT2D eigenvalue weighted by molar-refractivity contribution is 5.95. The Morgan fingerprint density at radius 2 is 1.90 bits per heavy atom. The second-order valence-electron chi connectivity index (χ2n) is 6.04. The molecule has 0 saturated carbocycles. The van der Waals surface area contributed by atoms with Gasteiger partial charge in [-0.2, -0.15) is 5.10 Å². The molecule has 0 atom stereocenters. The van der Waals surface area contributed by atoms with E-state index in [0.29, 0.717) is 12.1 Å². The normalized spacial score (nSPS) is 11.5. The Morgan fingerprint density at radius 1 is 1.29 bits per heavy atom. The fourth-order valence-corrected chi connectivity index (χ4v) is 2.19. The molecule has 112 valence electrons. The topological polar surface area (TPSA) is 46.9 Å². The van der Waals surface area contributed by atoms with Gasteiger partial charge in [-0.3, -0.25) is 9.48 Å². The first-order valence-corrected chi connectivity index (χ1v) is 6.87. The van der Waals surface area contributed by atoms with Gasteiger partial charge in [0.1, 0.15) is 5.82 Å². The number of benzene rings is 1. The van der Waals surface area contributed by atoms with Crippen LogP contribution in [-0.2, 0) is 12.1 Å². The Morgan fingerprint density at radius 3 is 2.43 bits per heavy atom. The molecule has 5 heteroatoms. The highest BCUT2D eigenvalue weighted by Crippen LogP contribution is 2.18.